The number of hydrogen-bond donors (Lipinski definition) is 2. The Morgan fingerprint density at radius 3 is 2.46 bits per heavy atom. The molecule has 0 aliphatic rings. The van der Waals surface area contributed by atoms with Crippen molar-refractivity contribution in [2.75, 3.05) is 39.4 Å². The van der Waals surface area contributed by atoms with Gasteiger partial charge in [0.15, 0.2) is 11.5 Å². The van der Waals surface area contributed by atoms with E-state index in [1.54, 1.807) is 6.92 Å². The third-order valence-electron chi connectivity index (χ3n) is 3.15. The highest BCUT2D eigenvalue weighted by Gasteiger charge is 2.20. The van der Waals surface area contributed by atoms with E-state index in [4.69, 9.17) is 24.1 Å². The van der Waals surface area contributed by atoms with E-state index in [9.17, 15) is 9.59 Å². The van der Waals surface area contributed by atoms with Crippen LogP contribution in [0.4, 0.5) is 5.69 Å². The Morgan fingerprint density at radius 2 is 1.92 bits per heavy atom. The first-order chi connectivity index (χ1) is 11.4. The molecule has 0 heterocycles. The van der Waals surface area contributed by atoms with Crippen molar-refractivity contribution in [3.05, 3.63) is 17.7 Å². The van der Waals surface area contributed by atoms with E-state index < -0.39 is 18.0 Å². The summed E-state index contributed by atoms with van der Waals surface area (Å²) < 4.78 is 20.8. The fraction of sp³-hybridized carbons (Fsp3) is 0.500. The van der Waals surface area contributed by atoms with Crippen LogP contribution in [0.5, 0.6) is 11.5 Å². The van der Waals surface area contributed by atoms with E-state index in [1.807, 2.05) is 6.92 Å². The fourth-order valence-corrected chi connectivity index (χ4v) is 1.92. The topological polar surface area (TPSA) is 103 Å². The summed E-state index contributed by atoms with van der Waals surface area (Å²) in [5, 5.41) is 11.8. The largest absolute Gasteiger partial charge is 0.493 e. The van der Waals surface area contributed by atoms with Crippen LogP contribution in [0.2, 0.25) is 0 Å². The number of carboxylic acids is 1. The summed E-state index contributed by atoms with van der Waals surface area (Å²) >= 11 is 0. The van der Waals surface area contributed by atoms with Gasteiger partial charge in [0.1, 0.15) is 6.10 Å². The van der Waals surface area contributed by atoms with Gasteiger partial charge in [-0.1, -0.05) is 0 Å². The summed E-state index contributed by atoms with van der Waals surface area (Å²) in [6.07, 6.45) is -0.741. The maximum atomic E-state index is 12.2. The molecule has 8 nitrogen and oxygen atoms in total. The molecule has 1 atom stereocenters. The lowest BCUT2D eigenvalue weighted by Crippen LogP contribution is -2.29. The van der Waals surface area contributed by atoms with E-state index in [0.717, 1.165) is 0 Å². The second-order valence-corrected chi connectivity index (χ2v) is 4.76. The molecule has 0 spiro atoms. The number of nitrogens with one attached hydrogen (secondary N) is 1. The van der Waals surface area contributed by atoms with Gasteiger partial charge in [-0.15, -0.1) is 0 Å². The number of methoxy groups -OCH3 is 2. The van der Waals surface area contributed by atoms with Crippen LogP contribution in [0.1, 0.15) is 24.2 Å². The second kappa shape index (κ2) is 9.74. The summed E-state index contributed by atoms with van der Waals surface area (Å²) in [5.74, 6) is -1.14. The SMILES string of the molecule is CCOCCOC(C)C(=O)Nc1cc(C(=O)O)cc(OC)c1OC. The van der Waals surface area contributed by atoms with Crippen molar-refractivity contribution in [2.45, 2.75) is 20.0 Å². The molecule has 0 saturated carbocycles. The first-order valence-electron chi connectivity index (χ1n) is 7.44. The Kier molecular flexibility index (Phi) is 8.00. The normalized spacial score (nSPS) is 11.7. The molecular formula is C16H23NO7. The van der Waals surface area contributed by atoms with Gasteiger partial charge in [0.2, 0.25) is 0 Å². The van der Waals surface area contributed by atoms with Crippen LogP contribution in [0, 0.1) is 0 Å². The number of hydrogen-bond acceptors (Lipinski definition) is 6. The van der Waals surface area contributed by atoms with E-state index in [2.05, 4.69) is 5.32 Å². The zero-order valence-electron chi connectivity index (χ0n) is 14.3. The van der Waals surface area contributed by atoms with Crippen LogP contribution in [0.3, 0.4) is 0 Å². The summed E-state index contributed by atoms with van der Waals surface area (Å²) in [4.78, 5) is 23.4. The van der Waals surface area contributed by atoms with Crippen molar-refractivity contribution < 1.29 is 33.6 Å². The molecule has 0 aromatic heterocycles. The number of aromatic carboxylic acids is 1. The number of ether oxygens (including phenoxy) is 4. The summed E-state index contributed by atoms with van der Waals surface area (Å²) in [7, 11) is 2.78. The molecule has 0 fully saturated rings. The van der Waals surface area contributed by atoms with E-state index in [-0.39, 0.29) is 29.4 Å². The number of carbonyl (C=O) groups excluding carboxylic acids is 1. The first-order valence-corrected chi connectivity index (χ1v) is 7.44. The smallest absolute Gasteiger partial charge is 0.335 e. The van der Waals surface area contributed by atoms with Gasteiger partial charge < -0.3 is 29.4 Å². The highest BCUT2D eigenvalue weighted by molar-refractivity contribution is 5.98. The van der Waals surface area contributed by atoms with Gasteiger partial charge in [0, 0.05) is 6.61 Å². The molecule has 24 heavy (non-hydrogen) atoms. The minimum absolute atomic E-state index is 0.0344. The molecule has 0 radical (unpaired) electrons. The molecular weight excluding hydrogens is 318 g/mol. The van der Waals surface area contributed by atoms with Crippen LogP contribution in [-0.4, -0.2) is 57.1 Å². The standard InChI is InChI=1S/C16H23NO7/c1-5-23-6-7-24-10(2)15(18)17-12-8-11(16(19)20)9-13(21-3)14(12)22-4/h8-10H,5-7H2,1-4H3,(H,17,18)(H,19,20). The highest BCUT2D eigenvalue weighted by Crippen LogP contribution is 2.36. The van der Waals surface area contributed by atoms with Gasteiger partial charge in [0.05, 0.1) is 38.7 Å². The molecule has 0 saturated heterocycles. The second-order valence-electron chi connectivity index (χ2n) is 4.76. The molecule has 0 bridgehead atoms. The van der Waals surface area contributed by atoms with Gasteiger partial charge in [-0.3, -0.25) is 4.79 Å². The third-order valence-corrected chi connectivity index (χ3v) is 3.15. The van der Waals surface area contributed by atoms with Crippen LogP contribution in [0.15, 0.2) is 12.1 Å². The number of anilines is 1. The van der Waals surface area contributed by atoms with E-state index in [0.29, 0.717) is 13.2 Å². The van der Waals surface area contributed by atoms with Gasteiger partial charge >= 0.3 is 5.97 Å². The lowest BCUT2D eigenvalue weighted by molar-refractivity contribution is -0.127. The average molecular weight is 341 g/mol. The van der Waals surface area contributed by atoms with Crippen molar-refractivity contribution in [1.82, 2.24) is 0 Å². The van der Waals surface area contributed by atoms with E-state index >= 15 is 0 Å². The molecule has 2 N–H and O–H groups in total. The number of benzene rings is 1. The molecule has 1 aromatic rings. The minimum atomic E-state index is -1.15. The number of rotatable bonds is 10. The summed E-state index contributed by atoms with van der Waals surface area (Å²) in [6, 6.07) is 2.62. The maximum absolute atomic E-state index is 12.2. The van der Waals surface area contributed by atoms with Crippen molar-refractivity contribution in [2.24, 2.45) is 0 Å². The Bertz CT molecular complexity index is 574. The van der Waals surface area contributed by atoms with Gasteiger partial charge in [-0.05, 0) is 26.0 Å². The molecule has 0 aliphatic carbocycles. The predicted octanol–water partition coefficient (Wildman–Crippen LogP) is 1.78. The molecule has 8 heteroatoms. The Balaban J connectivity index is 2.89. The van der Waals surface area contributed by atoms with Crippen molar-refractivity contribution in [3.63, 3.8) is 0 Å². The molecule has 1 rings (SSSR count). The van der Waals surface area contributed by atoms with Crippen LogP contribution in [0.25, 0.3) is 0 Å². The molecule has 0 aliphatic heterocycles. The van der Waals surface area contributed by atoms with Gasteiger partial charge in [-0.2, -0.15) is 0 Å². The van der Waals surface area contributed by atoms with E-state index in [1.165, 1.54) is 26.4 Å². The highest BCUT2D eigenvalue weighted by atomic mass is 16.5. The number of carboxylic acid groups (broad SMARTS) is 1. The Labute approximate surface area is 140 Å². The maximum Gasteiger partial charge on any atom is 0.335 e. The quantitative estimate of drug-likeness (QED) is 0.625. The molecule has 1 aromatic carbocycles. The van der Waals surface area contributed by atoms with Crippen molar-refractivity contribution in [1.29, 1.82) is 0 Å². The lowest BCUT2D eigenvalue weighted by Gasteiger charge is -2.17. The Hall–Kier alpha value is -2.32. The zero-order chi connectivity index (χ0) is 18.1. The Morgan fingerprint density at radius 1 is 1.21 bits per heavy atom. The molecule has 1 unspecified atom stereocenters. The third kappa shape index (κ3) is 5.39. The fourth-order valence-electron chi connectivity index (χ4n) is 1.92. The molecule has 1 amide bonds. The predicted molar refractivity (Wildman–Crippen MR) is 87.0 cm³/mol. The van der Waals surface area contributed by atoms with Crippen LogP contribution >= 0.6 is 0 Å². The molecule has 134 valence electrons. The summed E-state index contributed by atoms with van der Waals surface area (Å²) in [6.45, 7) is 4.69. The lowest BCUT2D eigenvalue weighted by atomic mass is 10.1. The first kappa shape index (κ1) is 19.7. The van der Waals surface area contributed by atoms with Crippen LogP contribution in [-0.2, 0) is 14.3 Å². The van der Waals surface area contributed by atoms with Crippen molar-refractivity contribution in [3.8, 4) is 11.5 Å². The minimum Gasteiger partial charge on any atom is -0.493 e. The number of carbonyl (C=O) groups is 2. The summed E-state index contributed by atoms with van der Waals surface area (Å²) in [5.41, 5.74) is 0.160. The van der Waals surface area contributed by atoms with Gasteiger partial charge in [0.25, 0.3) is 5.91 Å². The van der Waals surface area contributed by atoms with Crippen molar-refractivity contribution >= 4 is 17.6 Å². The van der Waals surface area contributed by atoms with Gasteiger partial charge in [-0.25, -0.2) is 4.79 Å². The van der Waals surface area contributed by atoms with Crippen LogP contribution < -0.4 is 14.8 Å². The number of amides is 1. The average Bonchev–Trinajstić information content (AvgIpc) is 2.57. The zero-order valence-corrected chi connectivity index (χ0v) is 14.3. The monoisotopic (exact) mass is 341 g/mol.